The highest BCUT2D eigenvalue weighted by Gasteiger charge is 2.11. The molecule has 27 heavy (non-hydrogen) atoms. The fraction of sp³-hybridized carbons (Fsp3) is 0.105. The van der Waals surface area contributed by atoms with Gasteiger partial charge in [-0.3, -0.25) is 9.78 Å². The van der Waals surface area contributed by atoms with Gasteiger partial charge in [0.2, 0.25) is 5.95 Å². The number of esters is 1. The Balaban J connectivity index is 1.67. The molecule has 8 heteroatoms. The van der Waals surface area contributed by atoms with Gasteiger partial charge in [0.25, 0.3) is 5.91 Å². The zero-order chi connectivity index (χ0) is 19.1. The van der Waals surface area contributed by atoms with E-state index in [9.17, 15) is 9.59 Å². The molecule has 0 aliphatic rings. The molecule has 3 aromatic rings. The van der Waals surface area contributed by atoms with E-state index in [4.69, 9.17) is 0 Å². The Bertz CT molecular complexity index is 947. The zero-order valence-electron chi connectivity index (χ0n) is 14.5. The van der Waals surface area contributed by atoms with Crippen LogP contribution in [-0.4, -0.2) is 33.9 Å². The highest BCUT2D eigenvalue weighted by Crippen LogP contribution is 2.13. The monoisotopic (exact) mass is 363 g/mol. The van der Waals surface area contributed by atoms with E-state index in [1.807, 2.05) is 12.1 Å². The Morgan fingerprint density at radius 2 is 1.89 bits per heavy atom. The summed E-state index contributed by atoms with van der Waals surface area (Å²) in [7, 11) is 1.30. The summed E-state index contributed by atoms with van der Waals surface area (Å²) in [6.45, 7) is 0.509. The van der Waals surface area contributed by atoms with Crippen molar-refractivity contribution in [2.24, 2.45) is 0 Å². The molecule has 2 N–H and O–H groups in total. The van der Waals surface area contributed by atoms with Gasteiger partial charge in [0.1, 0.15) is 5.69 Å². The first kappa shape index (κ1) is 18.0. The summed E-state index contributed by atoms with van der Waals surface area (Å²) < 4.78 is 4.68. The number of carbonyl (C=O) groups is 2. The van der Waals surface area contributed by atoms with Crippen LogP contribution in [0.2, 0.25) is 0 Å². The highest BCUT2D eigenvalue weighted by molar-refractivity contribution is 6.03. The standard InChI is InChI=1S/C19H17N5O3/c1-27-18(26)14-3-2-4-15(11-14)23-17(25)16-7-10-21-19(24-16)22-12-13-5-8-20-9-6-13/h2-11H,12H2,1H3,(H,23,25)(H,21,22,24). The second kappa shape index (κ2) is 8.52. The molecule has 3 rings (SSSR count). The Labute approximate surface area is 155 Å². The quantitative estimate of drug-likeness (QED) is 0.648. The summed E-state index contributed by atoms with van der Waals surface area (Å²) >= 11 is 0. The number of hydrogen-bond acceptors (Lipinski definition) is 7. The van der Waals surface area contributed by atoms with Gasteiger partial charge in [0, 0.05) is 30.8 Å². The Hall–Kier alpha value is -3.81. The molecule has 0 aliphatic heterocycles. The van der Waals surface area contributed by atoms with E-state index in [0.29, 0.717) is 23.7 Å². The van der Waals surface area contributed by atoms with E-state index in [0.717, 1.165) is 5.56 Å². The number of pyridine rings is 1. The zero-order valence-corrected chi connectivity index (χ0v) is 14.5. The number of nitrogens with one attached hydrogen (secondary N) is 2. The molecular formula is C19H17N5O3. The molecule has 1 amide bonds. The minimum absolute atomic E-state index is 0.200. The van der Waals surface area contributed by atoms with Crippen LogP contribution in [-0.2, 0) is 11.3 Å². The van der Waals surface area contributed by atoms with Crippen molar-refractivity contribution in [3.05, 3.63) is 77.9 Å². The van der Waals surface area contributed by atoms with E-state index in [2.05, 4.69) is 30.3 Å². The van der Waals surface area contributed by atoms with Crippen LogP contribution in [0, 0.1) is 0 Å². The van der Waals surface area contributed by atoms with Crippen molar-refractivity contribution in [1.82, 2.24) is 15.0 Å². The summed E-state index contributed by atoms with van der Waals surface area (Å²) in [5.74, 6) is -0.551. The second-order valence-corrected chi connectivity index (χ2v) is 5.50. The number of hydrogen-bond donors (Lipinski definition) is 2. The average Bonchev–Trinajstić information content (AvgIpc) is 2.73. The number of carbonyl (C=O) groups excluding carboxylic acids is 2. The van der Waals surface area contributed by atoms with Crippen LogP contribution in [0.3, 0.4) is 0 Å². The smallest absolute Gasteiger partial charge is 0.337 e. The topological polar surface area (TPSA) is 106 Å². The number of ether oxygens (including phenoxy) is 1. The third-order valence-corrected chi connectivity index (χ3v) is 3.63. The molecule has 0 unspecified atom stereocenters. The summed E-state index contributed by atoms with van der Waals surface area (Å²) in [6, 6.07) is 11.7. The lowest BCUT2D eigenvalue weighted by Gasteiger charge is -2.08. The van der Waals surface area contributed by atoms with Crippen LogP contribution >= 0.6 is 0 Å². The molecule has 0 atom stereocenters. The van der Waals surface area contributed by atoms with Crippen molar-refractivity contribution in [2.45, 2.75) is 6.54 Å². The van der Waals surface area contributed by atoms with E-state index in [1.165, 1.54) is 25.4 Å². The Morgan fingerprint density at radius 1 is 1.07 bits per heavy atom. The van der Waals surface area contributed by atoms with Crippen LogP contribution in [0.1, 0.15) is 26.4 Å². The second-order valence-electron chi connectivity index (χ2n) is 5.50. The number of amides is 1. The van der Waals surface area contributed by atoms with E-state index in [-0.39, 0.29) is 5.69 Å². The van der Waals surface area contributed by atoms with Crippen LogP contribution in [0.25, 0.3) is 0 Å². The average molecular weight is 363 g/mol. The minimum atomic E-state index is -0.476. The molecule has 8 nitrogen and oxygen atoms in total. The molecule has 0 spiro atoms. The first-order chi connectivity index (χ1) is 13.2. The summed E-state index contributed by atoms with van der Waals surface area (Å²) in [6.07, 6.45) is 4.90. The first-order valence-electron chi connectivity index (χ1n) is 8.11. The number of rotatable bonds is 6. The SMILES string of the molecule is COC(=O)c1cccc(NC(=O)c2ccnc(NCc3ccncc3)n2)c1. The van der Waals surface area contributed by atoms with Crippen molar-refractivity contribution in [1.29, 1.82) is 0 Å². The van der Waals surface area contributed by atoms with Gasteiger partial charge in [-0.25, -0.2) is 14.8 Å². The van der Waals surface area contributed by atoms with Gasteiger partial charge in [-0.05, 0) is 42.0 Å². The van der Waals surface area contributed by atoms with Gasteiger partial charge in [-0.1, -0.05) is 6.07 Å². The number of aromatic nitrogens is 3. The molecule has 1 aromatic carbocycles. The fourth-order valence-electron chi connectivity index (χ4n) is 2.29. The van der Waals surface area contributed by atoms with Gasteiger partial charge in [0.05, 0.1) is 12.7 Å². The molecule has 0 fully saturated rings. The maximum atomic E-state index is 12.4. The van der Waals surface area contributed by atoms with Gasteiger partial charge < -0.3 is 15.4 Å². The van der Waals surface area contributed by atoms with Crippen molar-refractivity contribution in [3.63, 3.8) is 0 Å². The van der Waals surface area contributed by atoms with Crippen LogP contribution in [0.4, 0.5) is 11.6 Å². The number of methoxy groups -OCH3 is 1. The summed E-state index contributed by atoms with van der Waals surface area (Å²) in [5, 5.41) is 5.77. The maximum Gasteiger partial charge on any atom is 0.337 e. The summed E-state index contributed by atoms with van der Waals surface area (Å²) in [4.78, 5) is 36.3. The lowest BCUT2D eigenvalue weighted by molar-refractivity contribution is 0.0600. The van der Waals surface area contributed by atoms with Crippen molar-refractivity contribution < 1.29 is 14.3 Å². The number of nitrogens with zero attached hydrogens (tertiary/aromatic N) is 3. The van der Waals surface area contributed by atoms with Gasteiger partial charge in [-0.2, -0.15) is 0 Å². The van der Waals surface area contributed by atoms with Gasteiger partial charge in [-0.15, -0.1) is 0 Å². The maximum absolute atomic E-state index is 12.4. The lowest BCUT2D eigenvalue weighted by Crippen LogP contribution is -2.15. The summed E-state index contributed by atoms with van der Waals surface area (Å²) in [5.41, 5.74) is 2.03. The third-order valence-electron chi connectivity index (χ3n) is 3.63. The normalized spacial score (nSPS) is 10.1. The van der Waals surface area contributed by atoms with E-state index < -0.39 is 11.9 Å². The molecule has 0 radical (unpaired) electrons. The first-order valence-corrected chi connectivity index (χ1v) is 8.11. The van der Waals surface area contributed by atoms with Gasteiger partial charge in [0.15, 0.2) is 0 Å². The predicted molar refractivity (Wildman–Crippen MR) is 99.3 cm³/mol. The third kappa shape index (κ3) is 4.85. The van der Waals surface area contributed by atoms with Crippen molar-refractivity contribution in [2.75, 3.05) is 17.7 Å². The lowest BCUT2D eigenvalue weighted by atomic mass is 10.2. The minimum Gasteiger partial charge on any atom is -0.465 e. The van der Waals surface area contributed by atoms with Crippen LogP contribution < -0.4 is 10.6 Å². The van der Waals surface area contributed by atoms with Crippen LogP contribution in [0.5, 0.6) is 0 Å². The van der Waals surface area contributed by atoms with Crippen LogP contribution in [0.15, 0.2) is 61.1 Å². The molecule has 136 valence electrons. The van der Waals surface area contributed by atoms with E-state index >= 15 is 0 Å². The Morgan fingerprint density at radius 3 is 2.67 bits per heavy atom. The fourth-order valence-corrected chi connectivity index (χ4v) is 2.29. The molecule has 2 aromatic heterocycles. The highest BCUT2D eigenvalue weighted by atomic mass is 16.5. The molecule has 2 heterocycles. The molecular weight excluding hydrogens is 346 g/mol. The molecule has 0 saturated carbocycles. The van der Waals surface area contributed by atoms with E-state index in [1.54, 1.807) is 30.6 Å². The largest absolute Gasteiger partial charge is 0.465 e. The number of benzene rings is 1. The molecule has 0 bridgehead atoms. The van der Waals surface area contributed by atoms with Crippen molar-refractivity contribution >= 4 is 23.5 Å². The van der Waals surface area contributed by atoms with Gasteiger partial charge >= 0.3 is 5.97 Å². The Kier molecular flexibility index (Phi) is 5.68. The molecule has 0 saturated heterocycles. The number of anilines is 2. The van der Waals surface area contributed by atoms with Crippen molar-refractivity contribution in [3.8, 4) is 0 Å². The predicted octanol–water partition coefficient (Wildman–Crippen LogP) is 2.52. The molecule has 0 aliphatic carbocycles.